The molecule has 0 spiro atoms. The van der Waals surface area contributed by atoms with Crippen LogP contribution >= 0.6 is 0 Å². The molecule has 0 atom stereocenters. The van der Waals surface area contributed by atoms with Gasteiger partial charge in [-0.15, -0.1) is 0 Å². The van der Waals surface area contributed by atoms with Gasteiger partial charge in [0.1, 0.15) is 11.4 Å². The smallest absolute Gasteiger partial charge is 0.223 e. The van der Waals surface area contributed by atoms with Gasteiger partial charge in [0, 0.05) is 31.1 Å². The molecule has 0 radical (unpaired) electrons. The molecule has 2 aromatic rings. The second kappa shape index (κ2) is 5.81. The van der Waals surface area contributed by atoms with E-state index in [1.165, 1.54) is 6.42 Å². The standard InChI is InChI=1S/C14H17N5O/c20-14(11-2-1-3-11)17-7-9-19-8-4-12(18-19)13-10-15-5-6-16-13/h4-6,8,10-11H,1-3,7,9H2,(H,17,20). The van der Waals surface area contributed by atoms with Crippen molar-refractivity contribution < 1.29 is 4.79 Å². The molecule has 6 nitrogen and oxygen atoms in total. The number of carbonyl (C=O) groups excluding carboxylic acids is 1. The number of rotatable bonds is 5. The normalized spacial score (nSPS) is 14.8. The molecule has 104 valence electrons. The molecule has 0 unspecified atom stereocenters. The average Bonchev–Trinajstić information content (AvgIpc) is 2.86. The Labute approximate surface area is 117 Å². The third-order valence-corrected chi connectivity index (χ3v) is 3.58. The van der Waals surface area contributed by atoms with E-state index in [4.69, 9.17) is 0 Å². The maximum atomic E-state index is 11.7. The van der Waals surface area contributed by atoms with Crippen molar-refractivity contribution in [3.63, 3.8) is 0 Å². The summed E-state index contributed by atoms with van der Waals surface area (Å²) in [5.74, 6) is 0.417. The maximum Gasteiger partial charge on any atom is 0.223 e. The Morgan fingerprint density at radius 2 is 2.25 bits per heavy atom. The van der Waals surface area contributed by atoms with E-state index >= 15 is 0 Å². The van der Waals surface area contributed by atoms with E-state index in [-0.39, 0.29) is 11.8 Å². The first-order chi connectivity index (χ1) is 9.83. The highest BCUT2D eigenvalue weighted by atomic mass is 16.1. The van der Waals surface area contributed by atoms with E-state index in [9.17, 15) is 4.79 Å². The van der Waals surface area contributed by atoms with Gasteiger partial charge in [-0.2, -0.15) is 5.10 Å². The number of nitrogens with one attached hydrogen (secondary N) is 1. The quantitative estimate of drug-likeness (QED) is 0.888. The second-order valence-corrected chi connectivity index (χ2v) is 4.97. The van der Waals surface area contributed by atoms with Crippen molar-refractivity contribution in [2.75, 3.05) is 6.54 Å². The third-order valence-electron chi connectivity index (χ3n) is 3.58. The van der Waals surface area contributed by atoms with Crippen molar-refractivity contribution in [1.82, 2.24) is 25.1 Å². The first-order valence-electron chi connectivity index (χ1n) is 6.90. The summed E-state index contributed by atoms with van der Waals surface area (Å²) in [5, 5.41) is 7.37. The minimum absolute atomic E-state index is 0.178. The van der Waals surface area contributed by atoms with Gasteiger partial charge in [-0.3, -0.25) is 19.4 Å². The zero-order valence-corrected chi connectivity index (χ0v) is 11.2. The Hall–Kier alpha value is -2.24. The molecule has 0 bridgehead atoms. The summed E-state index contributed by atoms with van der Waals surface area (Å²) in [6, 6.07) is 1.90. The molecule has 1 aliphatic carbocycles. The van der Waals surface area contributed by atoms with Crippen molar-refractivity contribution in [2.24, 2.45) is 5.92 Å². The van der Waals surface area contributed by atoms with Crippen LogP contribution < -0.4 is 5.32 Å². The van der Waals surface area contributed by atoms with Gasteiger partial charge < -0.3 is 5.32 Å². The van der Waals surface area contributed by atoms with Gasteiger partial charge in [-0.25, -0.2) is 0 Å². The fourth-order valence-corrected chi connectivity index (χ4v) is 2.16. The Bertz CT molecular complexity index is 576. The van der Waals surface area contributed by atoms with E-state index in [0.717, 1.165) is 24.2 Å². The fourth-order valence-electron chi connectivity index (χ4n) is 2.16. The van der Waals surface area contributed by atoms with Crippen molar-refractivity contribution in [3.05, 3.63) is 30.9 Å². The highest BCUT2D eigenvalue weighted by Crippen LogP contribution is 2.25. The van der Waals surface area contributed by atoms with E-state index in [0.29, 0.717) is 13.1 Å². The number of aromatic nitrogens is 4. The minimum Gasteiger partial charge on any atom is -0.354 e. The number of amides is 1. The molecule has 6 heteroatoms. The molecule has 2 heterocycles. The summed E-state index contributed by atoms with van der Waals surface area (Å²) in [7, 11) is 0. The maximum absolute atomic E-state index is 11.7. The molecule has 1 fully saturated rings. The van der Waals surface area contributed by atoms with Crippen LogP contribution in [0, 0.1) is 5.92 Å². The first-order valence-corrected chi connectivity index (χ1v) is 6.90. The summed E-state index contributed by atoms with van der Waals surface area (Å²) in [5.41, 5.74) is 1.55. The van der Waals surface area contributed by atoms with Crippen LogP contribution in [0.25, 0.3) is 11.4 Å². The van der Waals surface area contributed by atoms with Crippen LogP contribution in [0.2, 0.25) is 0 Å². The number of nitrogens with zero attached hydrogens (tertiary/aromatic N) is 4. The lowest BCUT2D eigenvalue weighted by molar-refractivity contribution is -0.127. The zero-order chi connectivity index (χ0) is 13.8. The van der Waals surface area contributed by atoms with Gasteiger partial charge >= 0.3 is 0 Å². The first kappa shape index (κ1) is 12.8. The van der Waals surface area contributed by atoms with Crippen molar-refractivity contribution in [3.8, 4) is 11.4 Å². The molecule has 1 amide bonds. The summed E-state index contributed by atoms with van der Waals surface area (Å²) >= 11 is 0. The lowest BCUT2D eigenvalue weighted by atomic mass is 9.85. The number of hydrogen-bond donors (Lipinski definition) is 1. The Morgan fingerprint density at radius 1 is 1.35 bits per heavy atom. The second-order valence-electron chi connectivity index (χ2n) is 4.97. The number of carbonyl (C=O) groups is 1. The van der Waals surface area contributed by atoms with Crippen molar-refractivity contribution >= 4 is 5.91 Å². The SMILES string of the molecule is O=C(NCCn1ccc(-c2cnccn2)n1)C1CCC1. The molecule has 1 saturated carbocycles. The molecule has 1 N–H and O–H groups in total. The van der Waals surface area contributed by atoms with Gasteiger partial charge in [0.25, 0.3) is 0 Å². The van der Waals surface area contributed by atoms with Crippen LogP contribution in [0.3, 0.4) is 0 Å². The molecule has 0 aromatic carbocycles. The van der Waals surface area contributed by atoms with Crippen LogP contribution in [-0.4, -0.2) is 32.2 Å². The van der Waals surface area contributed by atoms with E-state index < -0.39 is 0 Å². The molecular weight excluding hydrogens is 254 g/mol. The number of hydrogen-bond acceptors (Lipinski definition) is 4. The summed E-state index contributed by atoms with van der Waals surface area (Å²) in [6.45, 7) is 1.27. The minimum atomic E-state index is 0.178. The van der Waals surface area contributed by atoms with Crippen LogP contribution in [0.4, 0.5) is 0 Å². The summed E-state index contributed by atoms with van der Waals surface area (Å²) in [4.78, 5) is 19.9. The van der Waals surface area contributed by atoms with E-state index in [1.54, 1.807) is 18.6 Å². The van der Waals surface area contributed by atoms with E-state index in [2.05, 4.69) is 20.4 Å². The zero-order valence-electron chi connectivity index (χ0n) is 11.2. The topological polar surface area (TPSA) is 72.7 Å². The van der Waals surface area contributed by atoms with Gasteiger partial charge in [-0.1, -0.05) is 6.42 Å². The Morgan fingerprint density at radius 3 is 2.95 bits per heavy atom. The average molecular weight is 271 g/mol. The summed E-state index contributed by atoms with van der Waals surface area (Å²) < 4.78 is 1.81. The van der Waals surface area contributed by atoms with Crippen molar-refractivity contribution in [2.45, 2.75) is 25.8 Å². The van der Waals surface area contributed by atoms with E-state index in [1.807, 2.05) is 16.9 Å². The monoisotopic (exact) mass is 271 g/mol. The van der Waals surface area contributed by atoms with Gasteiger partial charge in [0.15, 0.2) is 0 Å². The highest BCUT2D eigenvalue weighted by Gasteiger charge is 2.24. The van der Waals surface area contributed by atoms with Crippen LogP contribution in [0.15, 0.2) is 30.9 Å². The Balaban J connectivity index is 1.51. The molecule has 1 aliphatic rings. The fraction of sp³-hybridized carbons (Fsp3) is 0.429. The molecule has 0 aliphatic heterocycles. The predicted octanol–water partition coefficient (Wildman–Crippen LogP) is 1.26. The lowest BCUT2D eigenvalue weighted by Crippen LogP contribution is -2.36. The van der Waals surface area contributed by atoms with Crippen molar-refractivity contribution in [1.29, 1.82) is 0 Å². The van der Waals surface area contributed by atoms with Gasteiger partial charge in [0.05, 0.1) is 12.7 Å². The highest BCUT2D eigenvalue weighted by molar-refractivity contribution is 5.79. The molecule has 2 aromatic heterocycles. The van der Waals surface area contributed by atoms with Gasteiger partial charge in [0.2, 0.25) is 5.91 Å². The third kappa shape index (κ3) is 2.84. The van der Waals surface area contributed by atoms with Crippen LogP contribution in [-0.2, 0) is 11.3 Å². The predicted molar refractivity (Wildman–Crippen MR) is 73.6 cm³/mol. The summed E-state index contributed by atoms with van der Waals surface area (Å²) in [6.07, 6.45) is 10.1. The molecule has 3 rings (SSSR count). The Kier molecular flexibility index (Phi) is 3.71. The lowest BCUT2D eigenvalue weighted by Gasteiger charge is -2.23. The van der Waals surface area contributed by atoms with Crippen LogP contribution in [0.5, 0.6) is 0 Å². The largest absolute Gasteiger partial charge is 0.354 e. The van der Waals surface area contributed by atoms with Gasteiger partial charge in [-0.05, 0) is 18.9 Å². The molecule has 0 saturated heterocycles. The van der Waals surface area contributed by atoms with Crippen LogP contribution in [0.1, 0.15) is 19.3 Å². The molecule has 20 heavy (non-hydrogen) atoms. The molecular formula is C14H17N5O.